The normalized spacial score (nSPS) is 20.2. The van der Waals surface area contributed by atoms with E-state index in [9.17, 15) is 17.6 Å². The zero-order valence-electron chi connectivity index (χ0n) is 12.2. The maximum atomic E-state index is 13.5. The fourth-order valence-corrected chi connectivity index (χ4v) is 2.60. The standard InChI is InChI=1S/C17H13F4N2/c1-23(7-6-15(22-23)17(20)21)16-5-3-2-4-14(16)11-8-12(18)10-13(19)9-11/h2-10,17H,1H3/q+1. The third-order valence-electron chi connectivity index (χ3n) is 3.65. The second-order valence-corrected chi connectivity index (χ2v) is 5.34. The van der Waals surface area contributed by atoms with E-state index < -0.39 is 18.1 Å². The molecule has 1 aliphatic heterocycles. The Kier molecular flexibility index (Phi) is 3.77. The molecule has 0 bridgehead atoms. The van der Waals surface area contributed by atoms with E-state index in [4.69, 9.17) is 0 Å². The van der Waals surface area contributed by atoms with Gasteiger partial charge in [-0.3, -0.25) is 0 Å². The first-order chi connectivity index (χ1) is 10.9. The summed E-state index contributed by atoms with van der Waals surface area (Å²) in [5.41, 5.74) is 1.07. The third-order valence-corrected chi connectivity index (χ3v) is 3.65. The molecule has 0 aliphatic carbocycles. The van der Waals surface area contributed by atoms with Gasteiger partial charge in [0.05, 0.1) is 0 Å². The number of halogens is 4. The average Bonchev–Trinajstić information content (AvgIpc) is 2.90. The van der Waals surface area contributed by atoms with E-state index in [-0.39, 0.29) is 10.3 Å². The topological polar surface area (TPSA) is 12.4 Å². The van der Waals surface area contributed by atoms with Crippen LogP contribution in [0.2, 0.25) is 0 Å². The Morgan fingerprint density at radius 3 is 2.26 bits per heavy atom. The van der Waals surface area contributed by atoms with Crippen molar-refractivity contribution in [1.29, 1.82) is 0 Å². The van der Waals surface area contributed by atoms with Gasteiger partial charge in [-0.15, -0.1) is 4.59 Å². The molecule has 2 aromatic carbocycles. The lowest BCUT2D eigenvalue weighted by atomic mass is 10.0. The molecule has 0 radical (unpaired) electrons. The predicted octanol–water partition coefficient (Wildman–Crippen LogP) is 4.72. The van der Waals surface area contributed by atoms with E-state index >= 15 is 0 Å². The molecule has 0 N–H and O–H groups in total. The highest BCUT2D eigenvalue weighted by Crippen LogP contribution is 2.37. The van der Waals surface area contributed by atoms with Crippen molar-refractivity contribution in [3.63, 3.8) is 0 Å². The zero-order chi connectivity index (χ0) is 16.6. The van der Waals surface area contributed by atoms with Crippen molar-refractivity contribution in [3.8, 4) is 11.1 Å². The summed E-state index contributed by atoms with van der Waals surface area (Å²) in [7, 11) is 1.63. The first-order valence-corrected chi connectivity index (χ1v) is 6.89. The minimum Gasteiger partial charge on any atom is -0.207 e. The van der Waals surface area contributed by atoms with Crippen molar-refractivity contribution in [2.75, 3.05) is 7.05 Å². The minimum atomic E-state index is -2.68. The second-order valence-electron chi connectivity index (χ2n) is 5.34. The maximum Gasteiger partial charge on any atom is 0.285 e. The summed E-state index contributed by atoms with van der Waals surface area (Å²) in [6.45, 7) is 0. The SMILES string of the molecule is C[N+]1(c2ccccc2-c2cc(F)cc(F)c2)C=CC(C(F)F)=N1. The molecule has 1 atom stereocenters. The molecule has 118 valence electrons. The number of hydrogen-bond acceptors (Lipinski definition) is 1. The van der Waals surface area contributed by atoms with Crippen LogP contribution in [0.3, 0.4) is 0 Å². The molecular formula is C17H13F4N2+. The molecule has 2 nitrogen and oxygen atoms in total. The Bertz CT molecular complexity index is 794. The van der Waals surface area contributed by atoms with Crippen LogP contribution in [0.4, 0.5) is 23.2 Å². The summed E-state index contributed by atoms with van der Waals surface area (Å²) in [6.07, 6.45) is 0.0915. The summed E-state index contributed by atoms with van der Waals surface area (Å²) >= 11 is 0. The smallest absolute Gasteiger partial charge is 0.207 e. The zero-order valence-corrected chi connectivity index (χ0v) is 12.2. The van der Waals surface area contributed by atoms with Crippen LogP contribution in [-0.4, -0.2) is 19.2 Å². The molecule has 1 unspecified atom stereocenters. The Morgan fingerprint density at radius 2 is 1.65 bits per heavy atom. The van der Waals surface area contributed by atoms with Gasteiger partial charge in [0.2, 0.25) is 0 Å². The molecule has 6 heteroatoms. The number of para-hydroxylation sites is 1. The Balaban J connectivity index is 2.15. The lowest BCUT2D eigenvalue weighted by Gasteiger charge is -2.22. The van der Waals surface area contributed by atoms with Gasteiger partial charge in [-0.1, -0.05) is 17.2 Å². The van der Waals surface area contributed by atoms with E-state index in [1.165, 1.54) is 24.4 Å². The van der Waals surface area contributed by atoms with E-state index in [1.807, 2.05) is 0 Å². The summed E-state index contributed by atoms with van der Waals surface area (Å²) < 4.78 is 52.4. The number of nitrogens with zero attached hydrogens (tertiary/aromatic N) is 2. The van der Waals surface area contributed by atoms with Crippen LogP contribution in [0.5, 0.6) is 0 Å². The number of quaternary nitrogens is 1. The van der Waals surface area contributed by atoms with E-state index in [0.717, 1.165) is 6.07 Å². The fourth-order valence-electron chi connectivity index (χ4n) is 2.60. The Hall–Kier alpha value is -2.47. The van der Waals surface area contributed by atoms with Gasteiger partial charge in [0.25, 0.3) is 6.43 Å². The molecule has 1 aliphatic rings. The van der Waals surface area contributed by atoms with Gasteiger partial charge in [0.15, 0.2) is 11.4 Å². The number of alkyl halides is 2. The third kappa shape index (κ3) is 2.90. The number of hydrogen-bond donors (Lipinski definition) is 0. The summed E-state index contributed by atoms with van der Waals surface area (Å²) in [4.78, 5) is 0. The summed E-state index contributed by atoms with van der Waals surface area (Å²) in [6, 6.07) is 9.99. The Labute approximate surface area is 130 Å². The van der Waals surface area contributed by atoms with Crippen LogP contribution in [-0.2, 0) is 0 Å². The van der Waals surface area contributed by atoms with E-state index in [1.54, 1.807) is 31.3 Å². The van der Waals surface area contributed by atoms with Crippen molar-refractivity contribution in [3.05, 3.63) is 66.4 Å². The molecular weight excluding hydrogens is 308 g/mol. The van der Waals surface area contributed by atoms with E-state index in [2.05, 4.69) is 5.10 Å². The lowest BCUT2D eigenvalue weighted by Crippen LogP contribution is -2.31. The van der Waals surface area contributed by atoms with Gasteiger partial charge in [0.1, 0.15) is 24.9 Å². The Morgan fingerprint density at radius 1 is 1.00 bits per heavy atom. The molecule has 0 aromatic heterocycles. The van der Waals surface area contributed by atoms with Crippen LogP contribution >= 0.6 is 0 Å². The van der Waals surface area contributed by atoms with Crippen LogP contribution in [0.15, 0.2) is 59.8 Å². The van der Waals surface area contributed by atoms with Crippen molar-refractivity contribution in [2.45, 2.75) is 6.43 Å². The number of rotatable bonds is 3. The molecule has 23 heavy (non-hydrogen) atoms. The average molecular weight is 321 g/mol. The molecule has 0 spiro atoms. The van der Waals surface area contributed by atoms with Gasteiger partial charge in [-0.2, -0.15) is 0 Å². The molecule has 0 saturated heterocycles. The van der Waals surface area contributed by atoms with Gasteiger partial charge in [-0.25, -0.2) is 17.6 Å². The first-order valence-electron chi connectivity index (χ1n) is 6.89. The van der Waals surface area contributed by atoms with Crippen molar-refractivity contribution in [1.82, 2.24) is 4.59 Å². The van der Waals surface area contributed by atoms with Crippen molar-refractivity contribution < 1.29 is 17.6 Å². The van der Waals surface area contributed by atoms with Gasteiger partial charge < -0.3 is 0 Å². The second kappa shape index (κ2) is 5.62. The van der Waals surface area contributed by atoms with Crippen molar-refractivity contribution >= 4 is 11.4 Å². The highest BCUT2D eigenvalue weighted by molar-refractivity contribution is 6.00. The first kappa shape index (κ1) is 15.4. The minimum absolute atomic E-state index is 0.242. The highest BCUT2D eigenvalue weighted by Gasteiger charge is 2.33. The van der Waals surface area contributed by atoms with Crippen LogP contribution in [0.25, 0.3) is 11.1 Å². The van der Waals surface area contributed by atoms with Crippen LogP contribution in [0, 0.1) is 11.6 Å². The van der Waals surface area contributed by atoms with E-state index in [0.29, 0.717) is 16.8 Å². The monoisotopic (exact) mass is 321 g/mol. The maximum absolute atomic E-state index is 13.5. The predicted molar refractivity (Wildman–Crippen MR) is 82.1 cm³/mol. The molecule has 0 saturated carbocycles. The largest absolute Gasteiger partial charge is 0.285 e. The highest BCUT2D eigenvalue weighted by atomic mass is 19.3. The summed E-state index contributed by atoms with van der Waals surface area (Å²) in [5, 5.41) is 4.03. The van der Waals surface area contributed by atoms with Gasteiger partial charge >= 0.3 is 0 Å². The quantitative estimate of drug-likeness (QED) is 0.573. The van der Waals surface area contributed by atoms with Crippen LogP contribution < -0.4 is 4.59 Å². The van der Waals surface area contributed by atoms with Crippen molar-refractivity contribution in [2.24, 2.45) is 5.10 Å². The lowest BCUT2D eigenvalue weighted by molar-refractivity contribution is 0.225. The van der Waals surface area contributed by atoms with Gasteiger partial charge in [-0.05, 0) is 23.8 Å². The molecule has 1 heterocycles. The number of allylic oxidation sites excluding steroid dienone is 1. The van der Waals surface area contributed by atoms with Crippen LogP contribution in [0.1, 0.15) is 0 Å². The molecule has 0 fully saturated rings. The summed E-state index contributed by atoms with van der Waals surface area (Å²) in [5.74, 6) is -1.41. The van der Waals surface area contributed by atoms with Gasteiger partial charge in [0, 0.05) is 23.8 Å². The molecule has 2 aromatic rings. The molecule has 0 amide bonds. The number of benzene rings is 2. The molecule has 3 rings (SSSR count). The fraction of sp³-hybridized carbons (Fsp3) is 0.118.